The van der Waals surface area contributed by atoms with E-state index < -0.39 is 10.8 Å². The first-order valence-corrected chi connectivity index (χ1v) is 8.14. The molecule has 1 heterocycles. The van der Waals surface area contributed by atoms with Gasteiger partial charge in [-0.1, -0.05) is 35.9 Å². The number of rotatable bonds is 4. The molecule has 0 radical (unpaired) electrons. The molecular weight excluding hydrogens is 296 g/mol. The van der Waals surface area contributed by atoms with Crippen LogP contribution in [0.5, 0.6) is 0 Å². The molecule has 2 aromatic rings. The van der Waals surface area contributed by atoms with Crippen LogP contribution < -0.4 is 5.32 Å². The predicted molar refractivity (Wildman–Crippen MR) is 82.6 cm³/mol. The Kier molecular flexibility index (Phi) is 4.73. The van der Waals surface area contributed by atoms with Gasteiger partial charge < -0.3 is 5.32 Å². The molecule has 0 spiro atoms. The van der Waals surface area contributed by atoms with E-state index in [1.54, 1.807) is 6.26 Å². The SMILES string of the molecule is CC(CNC(=O)c1cnc(Cl)c2ccccc12)S(C)=O. The minimum atomic E-state index is -0.965. The zero-order chi connectivity index (χ0) is 14.7. The van der Waals surface area contributed by atoms with E-state index in [1.165, 1.54) is 6.20 Å². The second kappa shape index (κ2) is 6.33. The summed E-state index contributed by atoms with van der Waals surface area (Å²) in [5.41, 5.74) is 0.471. The number of nitrogens with one attached hydrogen (secondary N) is 1. The van der Waals surface area contributed by atoms with E-state index in [4.69, 9.17) is 11.6 Å². The number of amides is 1. The molecule has 0 aliphatic carbocycles. The second-order valence-electron chi connectivity index (χ2n) is 4.53. The van der Waals surface area contributed by atoms with Crippen LogP contribution >= 0.6 is 11.6 Å². The highest BCUT2D eigenvalue weighted by molar-refractivity contribution is 7.84. The maximum Gasteiger partial charge on any atom is 0.253 e. The molecule has 0 aliphatic heterocycles. The molecule has 1 N–H and O–H groups in total. The normalized spacial score (nSPS) is 13.9. The van der Waals surface area contributed by atoms with Crippen LogP contribution in [-0.4, -0.2) is 33.2 Å². The molecule has 6 heteroatoms. The highest BCUT2D eigenvalue weighted by Crippen LogP contribution is 2.24. The van der Waals surface area contributed by atoms with Crippen molar-refractivity contribution >= 4 is 39.1 Å². The number of hydrogen-bond acceptors (Lipinski definition) is 3. The van der Waals surface area contributed by atoms with Crippen molar-refractivity contribution in [1.29, 1.82) is 0 Å². The number of carbonyl (C=O) groups excluding carboxylic acids is 1. The summed E-state index contributed by atoms with van der Waals surface area (Å²) < 4.78 is 11.3. The molecule has 2 atom stereocenters. The number of nitrogens with zero attached hydrogens (tertiary/aromatic N) is 1. The Morgan fingerprint density at radius 2 is 2.05 bits per heavy atom. The first-order chi connectivity index (χ1) is 9.50. The zero-order valence-corrected chi connectivity index (χ0v) is 12.8. The number of benzene rings is 1. The van der Waals surface area contributed by atoms with E-state index in [1.807, 2.05) is 31.2 Å². The number of hydrogen-bond donors (Lipinski definition) is 1. The van der Waals surface area contributed by atoms with Crippen LogP contribution in [0.3, 0.4) is 0 Å². The molecule has 106 valence electrons. The molecule has 4 nitrogen and oxygen atoms in total. The van der Waals surface area contributed by atoms with Gasteiger partial charge in [-0.25, -0.2) is 4.98 Å². The van der Waals surface area contributed by atoms with Crippen molar-refractivity contribution in [3.8, 4) is 0 Å². The number of fused-ring (bicyclic) bond motifs is 1. The van der Waals surface area contributed by atoms with E-state index in [0.717, 1.165) is 10.8 Å². The van der Waals surface area contributed by atoms with Crippen molar-refractivity contribution in [3.63, 3.8) is 0 Å². The fraction of sp³-hybridized carbons (Fsp3) is 0.286. The summed E-state index contributed by atoms with van der Waals surface area (Å²) in [6.45, 7) is 2.19. The molecule has 2 rings (SSSR count). The van der Waals surface area contributed by atoms with Gasteiger partial charge in [0.2, 0.25) is 0 Å². The number of pyridine rings is 1. The van der Waals surface area contributed by atoms with Gasteiger partial charge in [0.05, 0.1) is 5.56 Å². The van der Waals surface area contributed by atoms with Crippen molar-refractivity contribution in [1.82, 2.24) is 10.3 Å². The molecule has 1 aromatic heterocycles. The van der Waals surface area contributed by atoms with Crippen molar-refractivity contribution in [2.45, 2.75) is 12.2 Å². The Balaban J connectivity index is 2.27. The monoisotopic (exact) mass is 310 g/mol. The molecule has 1 amide bonds. The Labute approximate surface area is 125 Å². The quantitative estimate of drug-likeness (QED) is 0.882. The summed E-state index contributed by atoms with van der Waals surface area (Å²) in [5.74, 6) is -0.234. The molecular formula is C14H15ClN2O2S. The van der Waals surface area contributed by atoms with Crippen LogP contribution in [0.25, 0.3) is 10.8 Å². The van der Waals surface area contributed by atoms with E-state index in [0.29, 0.717) is 17.3 Å². The van der Waals surface area contributed by atoms with Crippen LogP contribution in [0.15, 0.2) is 30.5 Å². The number of aromatic nitrogens is 1. The van der Waals surface area contributed by atoms with Crippen LogP contribution in [0, 0.1) is 0 Å². The van der Waals surface area contributed by atoms with E-state index in [9.17, 15) is 9.00 Å². The Bertz CT molecular complexity index is 675. The predicted octanol–water partition coefficient (Wildman–Crippen LogP) is 2.39. The lowest BCUT2D eigenvalue weighted by molar-refractivity contribution is 0.0955. The summed E-state index contributed by atoms with van der Waals surface area (Å²) in [6, 6.07) is 7.35. The molecule has 0 saturated heterocycles. The van der Waals surface area contributed by atoms with Gasteiger partial charge in [-0.3, -0.25) is 9.00 Å². The molecule has 0 saturated carbocycles. The minimum absolute atomic E-state index is 0.0922. The number of halogens is 1. The fourth-order valence-electron chi connectivity index (χ4n) is 1.79. The van der Waals surface area contributed by atoms with Crippen molar-refractivity contribution in [3.05, 3.63) is 41.2 Å². The third kappa shape index (κ3) is 3.16. The van der Waals surface area contributed by atoms with Gasteiger partial charge in [-0.2, -0.15) is 0 Å². The van der Waals surface area contributed by atoms with Crippen LogP contribution in [-0.2, 0) is 10.8 Å². The minimum Gasteiger partial charge on any atom is -0.351 e. The second-order valence-corrected chi connectivity index (χ2v) is 6.69. The van der Waals surface area contributed by atoms with E-state index in [2.05, 4.69) is 10.3 Å². The summed E-state index contributed by atoms with van der Waals surface area (Å²) in [4.78, 5) is 16.2. The summed E-state index contributed by atoms with van der Waals surface area (Å²) in [5, 5.41) is 4.56. The molecule has 0 fully saturated rings. The average molecular weight is 311 g/mol. The highest BCUT2D eigenvalue weighted by atomic mass is 35.5. The van der Waals surface area contributed by atoms with Gasteiger partial charge >= 0.3 is 0 Å². The molecule has 0 bridgehead atoms. The van der Waals surface area contributed by atoms with Gasteiger partial charge in [0.1, 0.15) is 5.15 Å². The molecule has 2 unspecified atom stereocenters. The Morgan fingerprint density at radius 3 is 2.70 bits per heavy atom. The summed E-state index contributed by atoms with van der Waals surface area (Å²) in [6.07, 6.45) is 3.09. The maximum atomic E-state index is 12.2. The largest absolute Gasteiger partial charge is 0.351 e. The van der Waals surface area contributed by atoms with Crippen LogP contribution in [0.2, 0.25) is 5.15 Å². The van der Waals surface area contributed by atoms with Crippen molar-refractivity contribution in [2.75, 3.05) is 12.8 Å². The lowest BCUT2D eigenvalue weighted by Crippen LogP contribution is -2.32. The lowest BCUT2D eigenvalue weighted by atomic mass is 10.1. The first kappa shape index (κ1) is 14.9. The van der Waals surface area contributed by atoms with E-state index >= 15 is 0 Å². The topological polar surface area (TPSA) is 59.1 Å². The van der Waals surface area contributed by atoms with Gasteiger partial charge in [0.15, 0.2) is 0 Å². The highest BCUT2D eigenvalue weighted by Gasteiger charge is 2.14. The third-order valence-electron chi connectivity index (χ3n) is 3.11. The number of carbonyl (C=O) groups is 1. The summed E-state index contributed by atoms with van der Waals surface area (Å²) >= 11 is 6.02. The Hall–Kier alpha value is -1.46. The molecule has 20 heavy (non-hydrogen) atoms. The molecule has 1 aromatic carbocycles. The summed E-state index contributed by atoms with van der Waals surface area (Å²) in [7, 11) is -0.965. The standard InChI is InChI=1S/C14H15ClN2O2S/c1-9(20(2)19)7-17-14(18)12-8-16-13(15)11-6-4-3-5-10(11)12/h3-6,8-9H,7H2,1-2H3,(H,17,18). The van der Waals surface area contributed by atoms with Crippen molar-refractivity contribution in [2.24, 2.45) is 0 Å². The van der Waals surface area contributed by atoms with E-state index in [-0.39, 0.29) is 11.2 Å². The van der Waals surface area contributed by atoms with Crippen LogP contribution in [0.4, 0.5) is 0 Å². The maximum absolute atomic E-state index is 12.2. The molecule has 0 aliphatic rings. The third-order valence-corrected chi connectivity index (χ3v) is 4.71. The van der Waals surface area contributed by atoms with Gasteiger partial charge in [0.25, 0.3) is 5.91 Å². The smallest absolute Gasteiger partial charge is 0.253 e. The lowest BCUT2D eigenvalue weighted by Gasteiger charge is -2.11. The average Bonchev–Trinajstić information content (AvgIpc) is 2.45. The fourth-order valence-corrected chi connectivity index (χ4v) is 2.32. The van der Waals surface area contributed by atoms with Crippen LogP contribution in [0.1, 0.15) is 17.3 Å². The first-order valence-electron chi connectivity index (χ1n) is 6.14. The van der Waals surface area contributed by atoms with Crippen molar-refractivity contribution < 1.29 is 9.00 Å². The Morgan fingerprint density at radius 1 is 1.40 bits per heavy atom. The van der Waals surface area contributed by atoms with Gasteiger partial charge in [-0.05, 0) is 12.3 Å². The van der Waals surface area contributed by atoms with Gasteiger partial charge in [-0.15, -0.1) is 0 Å². The van der Waals surface area contributed by atoms with Gasteiger partial charge in [0, 0.05) is 40.4 Å². The zero-order valence-electron chi connectivity index (χ0n) is 11.2.